The molecule has 0 spiro atoms. The van der Waals surface area contributed by atoms with E-state index in [1.807, 2.05) is 6.07 Å². The maximum absolute atomic E-state index is 5.56. The highest BCUT2D eigenvalue weighted by atomic mass is 35.5. The first-order valence-electron chi connectivity index (χ1n) is 5.05. The molecule has 1 saturated carbocycles. The minimum atomic E-state index is 0.416. The summed E-state index contributed by atoms with van der Waals surface area (Å²) in [5, 5.41) is 0. The first-order chi connectivity index (χ1) is 6.92. The topological polar surface area (TPSA) is 0 Å². The summed E-state index contributed by atoms with van der Waals surface area (Å²) in [6.07, 6.45) is 4.00. The summed E-state index contributed by atoms with van der Waals surface area (Å²) >= 11 is 5.56. The third-order valence-corrected chi connectivity index (χ3v) is 2.93. The second-order valence-electron chi connectivity index (χ2n) is 3.65. The lowest BCUT2D eigenvalue weighted by atomic mass is 9.78. The first-order valence-corrected chi connectivity index (χ1v) is 5.59. The highest BCUT2D eigenvalue weighted by Crippen LogP contribution is 2.37. The van der Waals surface area contributed by atoms with Crippen molar-refractivity contribution in [2.75, 3.05) is 5.88 Å². The van der Waals surface area contributed by atoms with Crippen LogP contribution in [0, 0.1) is 11.8 Å². The molecule has 0 unspecified atom stereocenters. The van der Waals surface area contributed by atoms with Crippen molar-refractivity contribution in [1.82, 2.24) is 0 Å². The van der Waals surface area contributed by atoms with Crippen LogP contribution in [0.2, 0.25) is 0 Å². The zero-order chi connectivity index (χ0) is 9.80. The van der Waals surface area contributed by atoms with Gasteiger partial charge in [-0.3, -0.25) is 0 Å². The number of rotatable bonds is 1. The van der Waals surface area contributed by atoms with Gasteiger partial charge in [0.1, 0.15) is 0 Å². The zero-order valence-electron chi connectivity index (χ0n) is 8.09. The second kappa shape index (κ2) is 4.53. The quantitative estimate of drug-likeness (QED) is 0.485. The van der Waals surface area contributed by atoms with Crippen LogP contribution < -0.4 is 0 Å². The fraction of sp³-hybridized carbons (Fsp3) is 0.385. The third-order valence-electron chi connectivity index (χ3n) is 2.80. The number of halogens is 1. The molecule has 1 fully saturated rings. The van der Waals surface area contributed by atoms with Crippen LogP contribution in [0.25, 0.3) is 0 Å². The number of benzene rings is 1. The van der Waals surface area contributed by atoms with Gasteiger partial charge >= 0.3 is 0 Å². The Balaban J connectivity index is 2.28. The molecule has 1 aromatic carbocycles. The molecule has 1 heteroatoms. The maximum atomic E-state index is 5.56. The Hall–Kier alpha value is -0.930. The highest BCUT2D eigenvalue weighted by molar-refractivity contribution is 6.19. The zero-order valence-corrected chi connectivity index (χ0v) is 8.85. The summed E-state index contributed by atoms with van der Waals surface area (Å²) in [6.45, 7) is 0. The Morgan fingerprint density at radius 3 is 2.71 bits per heavy atom. The lowest BCUT2D eigenvalue weighted by Crippen LogP contribution is -2.10. The summed E-state index contributed by atoms with van der Waals surface area (Å²) in [5.41, 5.74) is 2.58. The van der Waals surface area contributed by atoms with Crippen LogP contribution >= 0.6 is 11.6 Å². The van der Waals surface area contributed by atoms with Gasteiger partial charge in [-0.2, -0.15) is 0 Å². The van der Waals surface area contributed by atoms with Crippen LogP contribution in [0.1, 0.15) is 36.3 Å². The molecular formula is C13H13Cl. The average molecular weight is 205 g/mol. The molecule has 1 aromatic rings. The Morgan fingerprint density at radius 2 is 2.07 bits per heavy atom. The summed E-state index contributed by atoms with van der Waals surface area (Å²) in [7, 11) is 0. The summed E-state index contributed by atoms with van der Waals surface area (Å²) in [4.78, 5) is 0. The molecule has 2 rings (SSSR count). The predicted molar refractivity (Wildman–Crippen MR) is 60.6 cm³/mol. The van der Waals surface area contributed by atoms with Crippen LogP contribution in [-0.2, 0) is 0 Å². The Kier molecular flexibility index (Phi) is 3.11. The molecular weight excluding hydrogens is 192 g/mol. The molecule has 0 atom stereocenters. The molecule has 0 heterocycles. The van der Waals surface area contributed by atoms with Crippen molar-refractivity contribution in [3.63, 3.8) is 0 Å². The molecule has 0 nitrogen and oxygen atoms in total. The molecule has 0 bridgehead atoms. The van der Waals surface area contributed by atoms with E-state index >= 15 is 0 Å². The largest absolute Gasteiger partial charge is 0.113 e. The van der Waals surface area contributed by atoms with Crippen molar-refractivity contribution in [2.45, 2.75) is 25.2 Å². The lowest BCUT2D eigenvalue weighted by molar-refractivity contribution is 0.419. The molecule has 0 N–H and O–H groups in total. The van der Waals surface area contributed by atoms with Crippen molar-refractivity contribution in [2.24, 2.45) is 0 Å². The number of alkyl halides is 1. The van der Waals surface area contributed by atoms with E-state index in [1.54, 1.807) is 0 Å². The Morgan fingerprint density at radius 1 is 1.29 bits per heavy atom. The van der Waals surface area contributed by atoms with E-state index in [0.29, 0.717) is 5.88 Å². The van der Waals surface area contributed by atoms with E-state index in [4.69, 9.17) is 11.6 Å². The van der Waals surface area contributed by atoms with E-state index in [2.05, 4.69) is 30.0 Å². The standard InChI is InChI=1S/C13H13Cl/c14-10-4-8-11-5-1-2-9-13(11)12-6-3-7-12/h1-2,5,9,12H,3,6-7,10H2. The van der Waals surface area contributed by atoms with Crippen LogP contribution in [0.4, 0.5) is 0 Å². The van der Waals surface area contributed by atoms with Crippen molar-refractivity contribution in [1.29, 1.82) is 0 Å². The monoisotopic (exact) mass is 204 g/mol. The van der Waals surface area contributed by atoms with Crippen molar-refractivity contribution in [3.05, 3.63) is 35.4 Å². The van der Waals surface area contributed by atoms with E-state index in [9.17, 15) is 0 Å². The molecule has 1 aliphatic carbocycles. The number of hydrogen-bond acceptors (Lipinski definition) is 0. The minimum absolute atomic E-state index is 0.416. The SMILES string of the molecule is ClCC#Cc1ccccc1C1CCC1. The van der Waals surface area contributed by atoms with Crippen molar-refractivity contribution >= 4 is 11.6 Å². The summed E-state index contributed by atoms with van der Waals surface area (Å²) < 4.78 is 0. The fourth-order valence-corrected chi connectivity index (χ4v) is 1.88. The van der Waals surface area contributed by atoms with E-state index in [-0.39, 0.29) is 0 Å². The van der Waals surface area contributed by atoms with Crippen molar-refractivity contribution in [3.8, 4) is 11.8 Å². The molecule has 14 heavy (non-hydrogen) atoms. The van der Waals surface area contributed by atoms with Crippen LogP contribution in [0.5, 0.6) is 0 Å². The molecule has 0 aliphatic heterocycles. The smallest absolute Gasteiger partial charge is 0.0839 e. The molecule has 0 aromatic heterocycles. The average Bonchev–Trinajstić information content (AvgIpc) is 2.14. The fourth-order valence-electron chi connectivity index (χ4n) is 1.81. The van der Waals surface area contributed by atoms with Gasteiger partial charge in [0.25, 0.3) is 0 Å². The van der Waals surface area contributed by atoms with Gasteiger partial charge in [0.2, 0.25) is 0 Å². The van der Waals surface area contributed by atoms with Gasteiger partial charge in [-0.05, 0) is 30.4 Å². The van der Waals surface area contributed by atoms with Gasteiger partial charge in [0.15, 0.2) is 0 Å². The van der Waals surface area contributed by atoms with Gasteiger partial charge < -0.3 is 0 Å². The highest BCUT2D eigenvalue weighted by Gasteiger charge is 2.20. The van der Waals surface area contributed by atoms with E-state index in [0.717, 1.165) is 11.5 Å². The summed E-state index contributed by atoms with van der Waals surface area (Å²) in [5.74, 6) is 7.22. The van der Waals surface area contributed by atoms with Gasteiger partial charge in [0.05, 0.1) is 5.88 Å². The first kappa shape index (κ1) is 9.62. The molecule has 0 radical (unpaired) electrons. The normalized spacial score (nSPS) is 15.5. The Bertz CT molecular complexity index is 366. The van der Waals surface area contributed by atoms with Gasteiger partial charge in [-0.15, -0.1) is 11.6 Å². The molecule has 72 valence electrons. The second-order valence-corrected chi connectivity index (χ2v) is 3.92. The van der Waals surface area contributed by atoms with Crippen LogP contribution in [0.3, 0.4) is 0 Å². The van der Waals surface area contributed by atoms with Crippen molar-refractivity contribution < 1.29 is 0 Å². The third kappa shape index (κ3) is 1.94. The van der Waals surface area contributed by atoms with Gasteiger partial charge in [-0.25, -0.2) is 0 Å². The predicted octanol–water partition coefficient (Wildman–Crippen LogP) is 3.54. The van der Waals surface area contributed by atoms with E-state index in [1.165, 1.54) is 24.8 Å². The Labute approximate surface area is 90.3 Å². The lowest BCUT2D eigenvalue weighted by Gasteiger charge is -2.26. The van der Waals surface area contributed by atoms with Gasteiger partial charge in [0, 0.05) is 5.56 Å². The minimum Gasteiger partial charge on any atom is -0.113 e. The molecule has 1 aliphatic rings. The van der Waals surface area contributed by atoms with Gasteiger partial charge in [-0.1, -0.05) is 36.5 Å². The molecule has 0 saturated heterocycles. The van der Waals surface area contributed by atoms with Crippen LogP contribution in [-0.4, -0.2) is 5.88 Å². The van der Waals surface area contributed by atoms with E-state index < -0.39 is 0 Å². The van der Waals surface area contributed by atoms with Crippen LogP contribution in [0.15, 0.2) is 24.3 Å². The molecule has 0 amide bonds. The number of hydrogen-bond donors (Lipinski definition) is 0. The summed E-state index contributed by atoms with van der Waals surface area (Å²) in [6, 6.07) is 8.43. The maximum Gasteiger partial charge on any atom is 0.0839 e.